The van der Waals surface area contributed by atoms with E-state index in [2.05, 4.69) is 15.9 Å². The second-order valence-electron chi connectivity index (χ2n) is 6.10. The molecule has 0 aliphatic carbocycles. The number of hydrogen-bond donors (Lipinski definition) is 1. The summed E-state index contributed by atoms with van der Waals surface area (Å²) in [5.41, 5.74) is 7.90. The second-order valence-corrected chi connectivity index (χ2v) is 6.96. The Kier molecular flexibility index (Phi) is 4.39. The number of carbonyl (C=O) groups excluding carboxylic acids is 1. The van der Waals surface area contributed by atoms with E-state index in [4.69, 9.17) is 10.5 Å². The summed E-state index contributed by atoms with van der Waals surface area (Å²) < 4.78 is 6.44. The molecule has 1 aromatic rings. The van der Waals surface area contributed by atoms with Gasteiger partial charge in [-0.05, 0) is 44.4 Å². The highest BCUT2D eigenvalue weighted by molar-refractivity contribution is 9.10. The molecule has 0 bridgehead atoms. The summed E-state index contributed by atoms with van der Waals surface area (Å²) in [5.74, 6) is 0. The molecule has 0 spiro atoms. The summed E-state index contributed by atoms with van der Waals surface area (Å²) in [6.45, 7) is 6.76. The SMILES string of the molecule is CC(C)(C)OC(=O)N1CC[C@@H](N)c2cccc(Br)c2C1. The molecule has 2 N–H and O–H groups in total. The fourth-order valence-electron chi connectivity index (χ4n) is 2.29. The van der Waals surface area contributed by atoms with E-state index in [0.29, 0.717) is 13.1 Å². The molecule has 1 aliphatic rings. The van der Waals surface area contributed by atoms with Gasteiger partial charge in [-0.2, -0.15) is 0 Å². The van der Waals surface area contributed by atoms with Gasteiger partial charge in [0.2, 0.25) is 0 Å². The highest BCUT2D eigenvalue weighted by atomic mass is 79.9. The van der Waals surface area contributed by atoms with Crippen LogP contribution in [0.2, 0.25) is 0 Å². The maximum Gasteiger partial charge on any atom is 0.410 e. The van der Waals surface area contributed by atoms with Gasteiger partial charge in [0.25, 0.3) is 0 Å². The number of ether oxygens (including phenoxy) is 1. The van der Waals surface area contributed by atoms with Gasteiger partial charge in [0.1, 0.15) is 5.60 Å². The predicted molar refractivity (Wildman–Crippen MR) is 82.3 cm³/mol. The molecule has 1 aromatic carbocycles. The molecular weight excluding hydrogens is 320 g/mol. The number of amides is 1. The molecule has 0 saturated heterocycles. The van der Waals surface area contributed by atoms with Gasteiger partial charge in [-0.3, -0.25) is 0 Å². The summed E-state index contributed by atoms with van der Waals surface area (Å²) in [4.78, 5) is 14.0. The van der Waals surface area contributed by atoms with Gasteiger partial charge in [-0.15, -0.1) is 0 Å². The Balaban J connectivity index is 2.24. The van der Waals surface area contributed by atoms with Crippen molar-refractivity contribution in [2.45, 2.75) is 45.4 Å². The minimum absolute atomic E-state index is 0.0464. The molecule has 4 nitrogen and oxygen atoms in total. The van der Waals surface area contributed by atoms with E-state index < -0.39 is 5.60 Å². The number of benzene rings is 1. The average molecular weight is 341 g/mol. The minimum Gasteiger partial charge on any atom is -0.444 e. The largest absolute Gasteiger partial charge is 0.444 e. The lowest BCUT2D eigenvalue weighted by Crippen LogP contribution is -2.36. The standard InChI is InChI=1S/C15H21BrN2O2/c1-15(2,3)20-14(19)18-8-7-13(17)10-5-4-6-12(16)11(10)9-18/h4-6,13H,7-9,17H2,1-3H3/t13-/m1/s1. The fraction of sp³-hybridized carbons (Fsp3) is 0.533. The molecule has 5 heteroatoms. The Bertz CT molecular complexity index is 511. The van der Waals surface area contributed by atoms with Gasteiger partial charge in [0.05, 0.1) is 6.54 Å². The molecule has 1 amide bonds. The van der Waals surface area contributed by atoms with Crippen LogP contribution < -0.4 is 5.73 Å². The number of rotatable bonds is 0. The van der Waals surface area contributed by atoms with E-state index in [1.165, 1.54) is 0 Å². The molecule has 1 atom stereocenters. The first-order valence-electron chi connectivity index (χ1n) is 6.79. The lowest BCUT2D eigenvalue weighted by atomic mass is 10.0. The van der Waals surface area contributed by atoms with Gasteiger partial charge in [0, 0.05) is 17.1 Å². The van der Waals surface area contributed by atoms with Crippen molar-refractivity contribution in [3.8, 4) is 0 Å². The molecule has 0 radical (unpaired) electrons. The fourth-order valence-corrected chi connectivity index (χ4v) is 2.80. The Morgan fingerprint density at radius 2 is 2.15 bits per heavy atom. The normalized spacial score (nSPS) is 19.2. The Morgan fingerprint density at radius 1 is 1.45 bits per heavy atom. The Labute approximate surface area is 128 Å². The van der Waals surface area contributed by atoms with E-state index in [9.17, 15) is 4.79 Å². The smallest absolute Gasteiger partial charge is 0.410 e. The molecule has 1 heterocycles. The monoisotopic (exact) mass is 340 g/mol. The van der Waals surface area contributed by atoms with E-state index in [1.54, 1.807) is 4.90 Å². The minimum atomic E-state index is -0.484. The lowest BCUT2D eigenvalue weighted by molar-refractivity contribution is 0.0234. The van der Waals surface area contributed by atoms with Crippen molar-refractivity contribution in [2.75, 3.05) is 6.54 Å². The van der Waals surface area contributed by atoms with Crippen molar-refractivity contribution in [3.63, 3.8) is 0 Å². The van der Waals surface area contributed by atoms with Crippen LogP contribution >= 0.6 is 15.9 Å². The molecule has 0 aromatic heterocycles. The van der Waals surface area contributed by atoms with Gasteiger partial charge < -0.3 is 15.4 Å². The van der Waals surface area contributed by atoms with Crippen LogP contribution in [-0.2, 0) is 11.3 Å². The first-order valence-corrected chi connectivity index (χ1v) is 7.58. The zero-order chi connectivity index (χ0) is 14.9. The van der Waals surface area contributed by atoms with Crippen molar-refractivity contribution in [1.82, 2.24) is 4.90 Å². The van der Waals surface area contributed by atoms with Gasteiger partial charge in [0.15, 0.2) is 0 Å². The third-order valence-corrected chi connectivity index (χ3v) is 4.01. The summed E-state index contributed by atoms with van der Waals surface area (Å²) >= 11 is 3.55. The van der Waals surface area contributed by atoms with Crippen molar-refractivity contribution >= 4 is 22.0 Å². The number of hydrogen-bond acceptors (Lipinski definition) is 3. The number of fused-ring (bicyclic) bond motifs is 1. The summed E-state index contributed by atoms with van der Waals surface area (Å²) in [7, 11) is 0. The number of halogens is 1. The second kappa shape index (κ2) is 5.74. The maximum absolute atomic E-state index is 12.2. The van der Waals surface area contributed by atoms with Crippen LogP contribution in [-0.4, -0.2) is 23.1 Å². The molecule has 20 heavy (non-hydrogen) atoms. The molecule has 0 saturated carbocycles. The average Bonchev–Trinajstić information content (AvgIpc) is 2.49. The number of nitrogens with two attached hydrogens (primary N) is 1. The van der Waals surface area contributed by atoms with E-state index in [-0.39, 0.29) is 12.1 Å². The van der Waals surface area contributed by atoms with Crippen LogP contribution in [0.4, 0.5) is 4.79 Å². The van der Waals surface area contributed by atoms with Crippen LogP contribution in [0.1, 0.15) is 44.4 Å². The van der Waals surface area contributed by atoms with Crippen molar-refractivity contribution < 1.29 is 9.53 Å². The van der Waals surface area contributed by atoms with E-state index in [0.717, 1.165) is 22.0 Å². The zero-order valence-electron chi connectivity index (χ0n) is 12.1. The highest BCUT2D eigenvalue weighted by Crippen LogP contribution is 2.30. The van der Waals surface area contributed by atoms with Crippen LogP contribution in [0.5, 0.6) is 0 Å². The summed E-state index contributed by atoms with van der Waals surface area (Å²) in [6, 6.07) is 5.94. The summed E-state index contributed by atoms with van der Waals surface area (Å²) in [5, 5.41) is 0. The van der Waals surface area contributed by atoms with Gasteiger partial charge in [-0.1, -0.05) is 28.1 Å². The third kappa shape index (κ3) is 3.52. The first-order chi connectivity index (χ1) is 9.28. The van der Waals surface area contributed by atoms with Crippen molar-refractivity contribution in [2.24, 2.45) is 5.73 Å². The molecule has 0 fully saturated rings. The van der Waals surface area contributed by atoms with Gasteiger partial charge >= 0.3 is 6.09 Å². The molecule has 0 unspecified atom stereocenters. The third-order valence-electron chi connectivity index (χ3n) is 3.27. The van der Waals surface area contributed by atoms with Crippen LogP contribution in [0.25, 0.3) is 0 Å². The van der Waals surface area contributed by atoms with Crippen LogP contribution in [0.15, 0.2) is 22.7 Å². The molecule has 1 aliphatic heterocycles. The van der Waals surface area contributed by atoms with Crippen molar-refractivity contribution in [3.05, 3.63) is 33.8 Å². The number of nitrogens with zero attached hydrogens (tertiary/aromatic N) is 1. The predicted octanol–water partition coefficient (Wildman–Crippen LogP) is 3.59. The zero-order valence-corrected chi connectivity index (χ0v) is 13.7. The lowest BCUT2D eigenvalue weighted by Gasteiger charge is -2.26. The summed E-state index contributed by atoms with van der Waals surface area (Å²) in [6.07, 6.45) is 0.455. The quantitative estimate of drug-likeness (QED) is 0.785. The van der Waals surface area contributed by atoms with Crippen molar-refractivity contribution in [1.29, 1.82) is 0 Å². The topological polar surface area (TPSA) is 55.6 Å². The Hall–Kier alpha value is -1.07. The Morgan fingerprint density at radius 3 is 2.80 bits per heavy atom. The molecule has 110 valence electrons. The highest BCUT2D eigenvalue weighted by Gasteiger charge is 2.27. The van der Waals surface area contributed by atoms with Crippen LogP contribution in [0.3, 0.4) is 0 Å². The van der Waals surface area contributed by atoms with E-state index >= 15 is 0 Å². The van der Waals surface area contributed by atoms with Gasteiger partial charge in [-0.25, -0.2) is 4.79 Å². The molecular formula is C15H21BrN2O2. The van der Waals surface area contributed by atoms with E-state index in [1.807, 2.05) is 39.0 Å². The maximum atomic E-state index is 12.2. The number of carbonyl (C=O) groups is 1. The first kappa shape index (κ1) is 15.3. The molecule has 2 rings (SSSR count). The van der Waals surface area contributed by atoms with Crippen LogP contribution in [0, 0.1) is 0 Å².